The van der Waals surface area contributed by atoms with Crippen molar-refractivity contribution in [1.82, 2.24) is 5.32 Å². The Morgan fingerprint density at radius 3 is 2.62 bits per heavy atom. The van der Waals surface area contributed by atoms with Gasteiger partial charge in [0.15, 0.2) is 0 Å². The molecule has 2 heteroatoms. The average Bonchev–Trinajstić information content (AvgIpc) is 2.28. The molecule has 16 heavy (non-hydrogen) atoms. The van der Waals surface area contributed by atoms with Crippen molar-refractivity contribution in [1.29, 1.82) is 0 Å². The van der Waals surface area contributed by atoms with E-state index in [1.165, 1.54) is 22.4 Å². The van der Waals surface area contributed by atoms with E-state index in [4.69, 9.17) is 0 Å². The predicted octanol–water partition coefficient (Wildman–Crippen LogP) is 3.78. The van der Waals surface area contributed by atoms with Gasteiger partial charge in [0.2, 0.25) is 0 Å². The van der Waals surface area contributed by atoms with Crippen LogP contribution in [-0.2, 0) is 0 Å². The van der Waals surface area contributed by atoms with Crippen molar-refractivity contribution in [2.24, 2.45) is 0 Å². The summed E-state index contributed by atoms with van der Waals surface area (Å²) in [6, 6.07) is 7.32. The van der Waals surface area contributed by atoms with Gasteiger partial charge in [0, 0.05) is 16.7 Å². The van der Waals surface area contributed by atoms with Crippen LogP contribution in [0.25, 0.3) is 0 Å². The van der Waals surface area contributed by atoms with Crippen LogP contribution in [-0.4, -0.2) is 18.3 Å². The highest BCUT2D eigenvalue weighted by Gasteiger charge is 2.06. The number of benzene rings is 1. The molecule has 0 amide bonds. The van der Waals surface area contributed by atoms with Gasteiger partial charge in [-0.25, -0.2) is 0 Å². The van der Waals surface area contributed by atoms with Crippen molar-refractivity contribution in [3.63, 3.8) is 0 Å². The summed E-state index contributed by atoms with van der Waals surface area (Å²) in [4.78, 5) is 1.43. The molecule has 1 aromatic rings. The summed E-state index contributed by atoms with van der Waals surface area (Å²) < 4.78 is 0. The third-order valence-corrected chi connectivity index (χ3v) is 4.09. The zero-order valence-electron chi connectivity index (χ0n) is 10.8. The van der Waals surface area contributed by atoms with Crippen molar-refractivity contribution >= 4 is 11.8 Å². The molecule has 1 N–H and O–H groups in total. The molecule has 0 aromatic heterocycles. The summed E-state index contributed by atoms with van der Waals surface area (Å²) in [6.07, 6.45) is 1.20. The van der Waals surface area contributed by atoms with Gasteiger partial charge >= 0.3 is 0 Å². The number of thioether (sulfide) groups is 1. The second-order valence-electron chi connectivity index (χ2n) is 4.24. The van der Waals surface area contributed by atoms with Crippen molar-refractivity contribution in [3.8, 4) is 0 Å². The molecule has 1 atom stereocenters. The van der Waals surface area contributed by atoms with Crippen LogP contribution < -0.4 is 5.32 Å². The fourth-order valence-corrected chi connectivity index (χ4v) is 2.96. The monoisotopic (exact) mass is 237 g/mol. The zero-order valence-corrected chi connectivity index (χ0v) is 11.7. The topological polar surface area (TPSA) is 12.0 Å². The van der Waals surface area contributed by atoms with Crippen LogP contribution in [0.3, 0.4) is 0 Å². The van der Waals surface area contributed by atoms with Gasteiger partial charge in [-0.15, -0.1) is 11.8 Å². The highest BCUT2D eigenvalue weighted by molar-refractivity contribution is 7.99. The average molecular weight is 237 g/mol. The first-order valence-corrected chi connectivity index (χ1v) is 7.09. The first kappa shape index (κ1) is 13.6. The van der Waals surface area contributed by atoms with E-state index in [-0.39, 0.29) is 0 Å². The fraction of sp³-hybridized carbons (Fsp3) is 0.571. The summed E-state index contributed by atoms with van der Waals surface area (Å²) in [5.41, 5.74) is 2.74. The summed E-state index contributed by atoms with van der Waals surface area (Å²) in [6.45, 7) is 9.83. The molecule has 0 aliphatic heterocycles. The molecule has 0 fully saturated rings. The molecule has 1 rings (SSSR count). The lowest BCUT2D eigenvalue weighted by Crippen LogP contribution is -2.30. The molecule has 0 bridgehead atoms. The van der Waals surface area contributed by atoms with Gasteiger partial charge in [0.1, 0.15) is 0 Å². The third-order valence-electron chi connectivity index (χ3n) is 2.77. The molecule has 0 heterocycles. The van der Waals surface area contributed by atoms with E-state index in [9.17, 15) is 0 Å². The van der Waals surface area contributed by atoms with Crippen LogP contribution in [0.1, 0.15) is 31.4 Å². The molecule has 1 unspecified atom stereocenters. The van der Waals surface area contributed by atoms with E-state index < -0.39 is 0 Å². The minimum Gasteiger partial charge on any atom is -0.313 e. The standard InChI is InChI=1S/C14H23NS/c1-5-13(15-6-2)10-16-14-9-11(3)7-8-12(14)4/h7-9,13,15H,5-6,10H2,1-4H3. The van der Waals surface area contributed by atoms with E-state index in [1.807, 2.05) is 11.8 Å². The molecular formula is C14H23NS. The number of hydrogen-bond donors (Lipinski definition) is 1. The molecule has 1 aromatic carbocycles. The van der Waals surface area contributed by atoms with Crippen LogP contribution >= 0.6 is 11.8 Å². The summed E-state index contributed by atoms with van der Waals surface area (Å²) in [7, 11) is 0. The second-order valence-corrected chi connectivity index (χ2v) is 5.30. The molecule has 0 aliphatic rings. The normalized spacial score (nSPS) is 12.8. The lowest BCUT2D eigenvalue weighted by Gasteiger charge is -2.16. The van der Waals surface area contributed by atoms with Gasteiger partial charge in [0.05, 0.1) is 0 Å². The van der Waals surface area contributed by atoms with Crippen molar-refractivity contribution < 1.29 is 0 Å². The van der Waals surface area contributed by atoms with E-state index in [0.717, 1.165) is 12.3 Å². The van der Waals surface area contributed by atoms with Crippen molar-refractivity contribution in [2.45, 2.75) is 45.1 Å². The number of hydrogen-bond acceptors (Lipinski definition) is 2. The Bertz CT molecular complexity index is 323. The largest absolute Gasteiger partial charge is 0.313 e. The zero-order chi connectivity index (χ0) is 12.0. The Morgan fingerprint density at radius 2 is 2.00 bits per heavy atom. The second kappa shape index (κ2) is 6.97. The first-order chi connectivity index (χ1) is 7.67. The summed E-state index contributed by atoms with van der Waals surface area (Å²) in [5, 5.41) is 3.52. The summed E-state index contributed by atoms with van der Waals surface area (Å²) in [5.74, 6) is 1.16. The predicted molar refractivity (Wildman–Crippen MR) is 74.4 cm³/mol. The molecule has 0 saturated heterocycles. The molecule has 0 aliphatic carbocycles. The van der Waals surface area contributed by atoms with Gasteiger partial charge in [-0.3, -0.25) is 0 Å². The van der Waals surface area contributed by atoms with Crippen LogP contribution in [0.5, 0.6) is 0 Å². The van der Waals surface area contributed by atoms with Crippen LogP contribution in [0.2, 0.25) is 0 Å². The Kier molecular flexibility index (Phi) is 5.93. The number of nitrogens with one attached hydrogen (secondary N) is 1. The van der Waals surface area contributed by atoms with Crippen LogP contribution in [0.15, 0.2) is 23.1 Å². The molecule has 1 nitrogen and oxygen atoms in total. The Morgan fingerprint density at radius 1 is 1.25 bits per heavy atom. The van der Waals surface area contributed by atoms with E-state index in [2.05, 4.69) is 51.2 Å². The minimum absolute atomic E-state index is 0.634. The maximum Gasteiger partial charge on any atom is 0.0158 e. The van der Waals surface area contributed by atoms with Crippen molar-refractivity contribution in [2.75, 3.05) is 12.3 Å². The van der Waals surface area contributed by atoms with Crippen molar-refractivity contribution in [3.05, 3.63) is 29.3 Å². The molecule has 0 spiro atoms. The third kappa shape index (κ3) is 4.18. The van der Waals surface area contributed by atoms with Gasteiger partial charge in [-0.05, 0) is 38.4 Å². The quantitative estimate of drug-likeness (QED) is 0.756. The molecule has 0 saturated carbocycles. The van der Waals surface area contributed by atoms with Gasteiger partial charge < -0.3 is 5.32 Å². The number of aryl methyl sites for hydroxylation is 2. The number of rotatable bonds is 6. The van der Waals surface area contributed by atoms with Crippen LogP contribution in [0.4, 0.5) is 0 Å². The summed E-state index contributed by atoms with van der Waals surface area (Å²) >= 11 is 1.97. The van der Waals surface area contributed by atoms with Gasteiger partial charge in [-0.1, -0.05) is 31.5 Å². The molecular weight excluding hydrogens is 214 g/mol. The lowest BCUT2D eigenvalue weighted by molar-refractivity contribution is 0.560. The SMILES string of the molecule is CCNC(CC)CSc1cc(C)ccc1C. The van der Waals surface area contributed by atoms with Crippen LogP contribution in [0, 0.1) is 13.8 Å². The smallest absolute Gasteiger partial charge is 0.0158 e. The first-order valence-electron chi connectivity index (χ1n) is 6.10. The lowest BCUT2D eigenvalue weighted by atomic mass is 10.2. The van der Waals surface area contributed by atoms with E-state index in [0.29, 0.717) is 6.04 Å². The molecule has 90 valence electrons. The minimum atomic E-state index is 0.634. The highest BCUT2D eigenvalue weighted by atomic mass is 32.2. The Hall–Kier alpha value is -0.470. The highest BCUT2D eigenvalue weighted by Crippen LogP contribution is 2.24. The Balaban J connectivity index is 2.55. The maximum absolute atomic E-state index is 3.52. The van der Waals surface area contributed by atoms with E-state index >= 15 is 0 Å². The van der Waals surface area contributed by atoms with Gasteiger partial charge in [0.25, 0.3) is 0 Å². The fourth-order valence-electron chi connectivity index (χ4n) is 1.66. The molecule has 0 radical (unpaired) electrons. The Labute approximate surface area is 104 Å². The van der Waals surface area contributed by atoms with E-state index in [1.54, 1.807) is 0 Å². The van der Waals surface area contributed by atoms with Gasteiger partial charge in [-0.2, -0.15) is 0 Å². The maximum atomic E-state index is 3.52.